The largest absolute Gasteiger partial charge is 0.355 e. The van der Waals surface area contributed by atoms with E-state index in [4.69, 9.17) is 21.2 Å². The molecule has 0 atom stereocenters. The maximum absolute atomic E-state index is 13.3. The molecule has 0 saturated carbocycles. The van der Waals surface area contributed by atoms with Crippen molar-refractivity contribution in [3.05, 3.63) is 57.5 Å². The van der Waals surface area contributed by atoms with Gasteiger partial charge in [-0.05, 0) is 56.3 Å². The molecule has 1 aliphatic heterocycles. The molecule has 34 heavy (non-hydrogen) atoms. The van der Waals surface area contributed by atoms with Crippen LogP contribution in [0.1, 0.15) is 42.9 Å². The zero-order valence-electron chi connectivity index (χ0n) is 19.0. The van der Waals surface area contributed by atoms with Crippen LogP contribution in [0.2, 0.25) is 4.34 Å². The number of carbonyl (C=O) groups is 1. The van der Waals surface area contributed by atoms with E-state index in [9.17, 15) is 4.79 Å². The SMILES string of the molecule is CC(C)N1CCC(NC(=O)c2cc(-c3cccs3)nn2Cc2cc(-c3ccc(Cl)s3)on2)CC1. The molecular weight excluding hydrogens is 490 g/mol. The van der Waals surface area contributed by atoms with E-state index < -0.39 is 0 Å². The Hall–Kier alpha value is -2.46. The van der Waals surface area contributed by atoms with E-state index in [0.29, 0.717) is 34.1 Å². The predicted molar refractivity (Wildman–Crippen MR) is 137 cm³/mol. The smallest absolute Gasteiger partial charge is 0.269 e. The Morgan fingerprint density at radius 1 is 1.24 bits per heavy atom. The minimum absolute atomic E-state index is 0.105. The number of hydrogen-bond acceptors (Lipinski definition) is 7. The number of piperidine rings is 1. The van der Waals surface area contributed by atoms with Crippen LogP contribution in [0.15, 0.2) is 46.3 Å². The predicted octanol–water partition coefficient (Wildman–Crippen LogP) is 5.63. The van der Waals surface area contributed by atoms with Crippen molar-refractivity contribution in [2.45, 2.75) is 45.3 Å². The fourth-order valence-electron chi connectivity index (χ4n) is 4.19. The average molecular weight is 516 g/mol. The van der Waals surface area contributed by atoms with E-state index in [1.165, 1.54) is 11.3 Å². The molecule has 1 amide bonds. The van der Waals surface area contributed by atoms with Crippen LogP contribution in [0.5, 0.6) is 0 Å². The molecule has 178 valence electrons. The average Bonchev–Trinajstić information content (AvgIpc) is 3.61. The summed E-state index contributed by atoms with van der Waals surface area (Å²) in [5.41, 5.74) is 2.00. The molecule has 0 unspecified atom stereocenters. The van der Waals surface area contributed by atoms with Crippen LogP contribution in [-0.4, -0.2) is 50.9 Å². The molecule has 1 aliphatic rings. The Bertz CT molecular complexity index is 1250. The number of aromatic nitrogens is 3. The van der Waals surface area contributed by atoms with E-state index in [1.807, 2.05) is 41.8 Å². The van der Waals surface area contributed by atoms with Gasteiger partial charge in [-0.2, -0.15) is 5.10 Å². The van der Waals surface area contributed by atoms with Crippen molar-refractivity contribution in [2.24, 2.45) is 0 Å². The highest BCUT2D eigenvalue weighted by Gasteiger charge is 2.25. The first-order valence-electron chi connectivity index (χ1n) is 11.3. The zero-order valence-corrected chi connectivity index (χ0v) is 21.4. The van der Waals surface area contributed by atoms with Crippen LogP contribution in [0.25, 0.3) is 21.2 Å². The Labute approximate surface area is 211 Å². The Kier molecular flexibility index (Phi) is 6.87. The second kappa shape index (κ2) is 10.0. The molecule has 5 rings (SSSR count). The third-order valence-corrected chi connectivity index (χ3v) is 8.21. The third kappa shape index (κ3) is 5.12. The zero-order chi connectivity index (χ0) is 23.7. The number of amides is 1. The molecule has 4 aromatic heterocycles. The summed E-state index contributed by atoms with van der Waals surface area (Å²) in [6.45, 7) is 6.76. The van der Waals surface area contributed by atoms with Gasteiger partial charge in [-0.25, -0.2) is 0 Å². The maximum Gasteiger partial charge on any atom is 0.269 e. The van der Waals surface area contributed by atoms with Crippen LogP contribution in [-0.2, 0) is 6.54 Å². The Balaban J connectivity index is 1.35. The van der Waals surface area contributed by atoms with Gasteiger partial charge in [0, 0.05) is 31.2 Å². The lowest BCUT2D eigenvalue weighted by Crippen LogP contribution is -2.46. The maximum atomic E-state index is 13.3. The number of nitrogens with one attached hydrogen (secondary N) is 1. The monoisotopic (exact) mass is 515 g/mol. The van der Waals surface area contributed by atoms with Crippen LogP contribution < -0.4 is 5.32 Å². The number of hydrogen-bond donors (Lipinski definition) is 1. The van der Waals surface area contributed by atoms with E-state index in [-0.39, 0.29) is 11.9 Å². The Morgan fingerprint density at radius 3 is 2.74 bits per heavy atom. The number of nitrogens with zero attached hydrogens (tertiary/aromatic N) is 4. The molecule has 1 fully saturated rings. The fourth-order valence-corrected chi connectivity index (χ4v) is 5.86. The second-order valence-electron chi connectivity index (χ2n) is 8.71. The Morgan fingerprint density at radius 2 is 2.06 bits per heavy atom. The van der Waals surface area contributed by atoms with E-state index in [1.54, 1.807) is 16.0 Å². The summed E-state index contributed by atoms with van der Waals surface area (Å²) in [7, 11) is 0. The molecule has 0 aliphatic carbocycles. The van der Waals surface area contributed by atoms with Crippen LogP contribution >= 0.6 is 34.3 Å². The summed E-state index contributed by atoms with van der Waals surface area (Å²) in [5, 5.41) is 14.2. The van der Waals surface area contributed by atoms with Crippen LogP contribution in [0, 0.1) is 0 Å². The summed E-state index contributed by atoms with van der Waals surface area (Å²) in [6, 6.07) is 12.2. The standard InChI is InChI=1S/C24H26ClN5O2S2/c1-15(2)29-9-7-16(8-10-29)26-24(31)19-13-18(21-4-3-11-33-21)27-30(19)14-17-12-20(32-28-17)22-5-6-23(25)34-22/h3-6,11-13,15-16H,7-10,14H2,1-2H3,(H,26,31). The molecule has 10 heteroatoms. The highest BCUT2D eigenvalue weighted by Crippen LogP contribution is 2.31. The van der Waals surface area contributed by atoms with Crippen molar-refractivity contribution in [1.82, 2.24) is 25.2 Å². The van der Waals surface area contributed by atoms with E-state index in [2.05, 4.69) is 29.2 Å². The molecule has 0 radical (unpaired) electrons. The van der Waals surface area contributed by atoms with Gasteiger partial charge in [0.1, 0.15) is 17.1 Å². The minimum Gasteiger partial charge on any atom is -0.355 e. The van der Waals surface area contributed by atoms with Crippen molar-refractivity contribution in [3.63, 3.8) is 0 Å². The van der Waals surface area contributed by atoms with Gasteiger partial charge < -0.3 is 14.7 Å². The molecule has 1 saturated heterocycles. The topological polar surface area (TPSA) is 76.2 Å². The molecule has 0 aromatic carbocycles. The van der Waals surface area contributed by atoms with Crippen molar-refractivity contribution in [2.75, 3.05) is 13.1 Å². The normalized spacial score (nSPS) is 15.3. The van der Waals surface area contributed by atoms with E-state index in [0.717, 1.165) is 41.4 Å². The number of thiophene rings is 2. The summed E-state index contributed by atoms with van der Waals surface area (Å²) in [5.74, 6) is 0.549. The molecule has 7 nitrogen and oxygen atoms in total. The quantitative estimate of drug-likeness (QED) is 0.345. The molecule has 4 aromatic rings. The van der Waals surface area contributed by atoms with Gasteiger partial charge in [0.05, 0.1) is 20.6 Å². The van der Waals surface area contributed by atoms with Gasteiger partial charge in [0.15, 0.2) is 5.76 Å². The highest BCUT2D eigenvalue weighted by atomic mass is 35.5. The molecule has 0 spiro atoms. The molecule has 5 heterocycles. The third-order valence-electron chi connectivity index (χ3n) is 6.07. The van der Waals surface area contributed by atoms with Gasteiger partial charge in [-0.3, -0.25) is 9.48 Å². The fraction of sp³-hybridized carbons (Fsp3) is 0.375. The first-order valence-corrected chi connectivity index (χ1v) is 13.4. The van der Waals surface area contributed by atoms with Gasteiger partial charge in [-0.15, -0.1) is 22.7 Å². The first-order chi connectivity index (χ1) is 16.5. The van der Waals surface area contributed by atoms with Gasteiger partial charge >= 0.3 is 0 Å². The van der Waals surface area contributed by atoms with Crippen LogP contribution in [0.3, 0.4) is 0 Å². The van der Waals surface area contributed by atoms with Crippen molar-refractivity contribution >= 4 is 40.2 Å². The van der Waals surface area contributed by atoms with Crippen molar-refractivity contribution < 1.29 is 9.32 Å². The lowest BCUT2D eigenvalue weighted by Gasteiger charge is -2.34. The van der Waals surface area contributed by atoms with Crippen LogP contribution in [0.4, 0.5) is 0 Å². The summed E-state index contributed by atoms with van der Waals surface area (Å²) in [6.07, 6.45) is 1.90. The van der Waals surface area contributed by atoms with Gasteiger partial charge in [0.2, 0.25) is 0 Å². The van der Waals surface area contributed by atoms with Crippen molar-refractivity contribution in [1.29, 1.82) is 0 Å². The summed E-state index contributed by atoms with van der Waals surface area (Å²) >= 11 is 9.09. The number of rotatable bonds is 7. The van der Waals surface area contributed by atoms with E-state index >= 15 is 0 Å². The van der Waals surface area contributed by atoms with Gasteiger partial charge in [0.25, 0.3) is 5.91 Å². The summed E-state index contributed by atoms with van der Waals surface area (Å²) in [4.78, 5) is 17.7. The molecule has 1 N–H and O–H groups in total. The lowest BCUT2D eigenvalue weighted by atomic mass is 10.0. The highest BCUT2D eigenvalue weighted by molar-refractivity contribution is 7.19. The van der Waals surface area contributed by atoms with Crippen molar-refractivity contribution in [3.8, 4) is 21.2 Å². The number of likely N-dealkylation sites (tertiary alicyclic amines) is 1. The molecule has 0 bridgehead atoms. The number of carbonyl (C=O) groups excluding carboxylic acids is 1. The first kappa shape index (κ1) is 23.3. The second-order valence-corrected chi connectivity index (χ2v) is 11.4. The summed E-state index contributed by atoms with van der Waals surface area (Å²) < 4.78 is 7.94. The number of halogens is 1. The lowest BCUT2D eigenvalue weighted by molar-refractivity contribution is 0.0890. The minimum atomic E-state index is -0.105. The van der Waals surface area contributed by atoms with Gasteiger partial charge in [-0.1, -0.05) is 22.8 Å². The molecular formula is C24H26ClN5O2S2.